The predicted octanol–water partition coefficient (Wildman–Crippen LogP) is 6.68. The third-order valence-corrected chi connectivity index (χ3v) is 8.38. The van der Waals surface area contributed by atoms with E-state index < -0.39 is 17.8 Å². The van der Waals surface area contributed by atoms with Crippen molar-refractivity contribution in [2.45, 2.75) is 44.8 Å². The quantitative estimate of drug-likeness (QED) is 0.177. The van der Waals surface area contributed by atoms with E-state index in [4.69, 9.17) is 26.1 Å². The van der Waals surface area contributed by atoms with Gasteiger partial charge in [0, 0.05) is 42.0 Å². The van der Waals surface area contributed by atoms with Gasteiger partial charge in [-0.25, -0.2) is 14.4 Å². The number of pyridine rings is 1. The summed E-state index contributed by atoms with van der Waals surface area (Å²) in [7, 11) is 0. The van der Waals surface area contributed by atoms with Crippen molar-refractivity contribution in [3.05, 3.63) is 94.4 Å². The van der Waals surface area contributed by atoms with Gasteiger partial charge in [-0.1, -0.05) is 35.9 Å². The Balaban J connectivity index is 1.06. The van der Waals surface area contributed by atoms with Crippen molar-refractivity contribution in [3.8, 4) is 17.1 Å². The molecule has 238 valence electrons. The Hall–Kier alpha value is -4.33. The van der Waals surface area contributed by atoms with E-state index in [1.807, 2.05) is 28.8 Å². The topological polar surface area (TPSA) is 94.0 Å². The van der Waals surface area contributed by atoms with Gasteiger partial charge >= 0.3 is 6.18 Å². The number of rotatable bonds is 9. The summed E-state index contributed by atoms with van der Waals surface area (Å²) in [5.74, 6) is -0.154. The van der Waals surface area contributed by atoms with Crippen molar-refractivity contribution in [1.82, 2.24) is 34.6 Å². The number of hydrogen-bond acceptors (Lipinski definition) is 7. The van der Waals surface area contributed by atoms with E-state index in [0.29, 0.717) is 59.3 Å². The van der Waals surface area contributed by atoms with Gasteiger partial charge in [0.1, 0.15) is 29.5 Å². The number of aromatic amines is 1. The van der Waals surface area contributed by atoms with Crippen molar-refractivity contribution in [2.24, 2.45) is 0 Å². The summed E-state index contributed by atoms with van der Waals surface area (Å²) in [6, 6.07) is 14.0. The average molecular weight is 654 g/mol. The number of nitrogens with zero attached hydrogens (tertiary/aromatic N) is 6. The summed E-state index contributed by atoms with van der Waals surface area (Å²) >= 11 is 5.85. The fourth-order valence-corrected chi connectivity index (χ4v) is 5.71. The van der Waals surface area contributed by atoms with Gasteiger partial charge in [-0.2, -0.15) is 13.2 Å². The van der Waals surface area contributed by atoms with Crippen molar-refractivity contribution >= 4 is 28.3 Å². The Morgan fingerprint density at radius 2 is 1.96 bits per heavy atom. The number of alkyl halides is 3. The largest absolute Gasteiger partial charge is 0.489 e. The van der Waals surface area contributed by atoms with E-state index in [0.717, 1.165) is 30.8 Å². The zero-order valence-electron chi connectivity index (χ0n) is 24.4. The number of imidazole rings is 1. The zero-order chi connectivity index (χ0) is 31.8. The van der Waals surface area contributed by atoms with Crippen LogP contribution in [0.2, 0.25) is 5.02 Å². The number of halogens is 5. The molecule has 2 aromatic carbocycles. The summed E-state index contributed by atoms with van der Waals surface area (Å²) in [5, 5.41) is 7.22. The van der Waals surface area contributed by atoms with Gasteiger partial charge in [-0.15, -0.1) is 10.2 Å². The molecule has 1 N–H and O–H groups in total. The normalized spacial score (nSPS) is 17.2. The van der Waals surface area contributed by atoms with Crippen LogP contribution in [-0.4, -0.2) is 60.4 Å². The maximum absolute atomic E-state index is 14.2. The van der Waals surface area contributed by atoms with E-state index in [-0.39, 0.29) is 18.5 Å². The zero-order valence-corrected chi connectivity index (χ0v) is 25.2. The number of H-pyrrole nitrogens is 1. The first-order valence-corrected chi connectivity index (χ1v) is 15.1. The third kappa shape index (κ3) is 6.48. The lowest BCUT2D eigenvalue weighted by Crippen LogP contribution is -2.33. The molecule has 0 spiro atoms. The van der Waals surface area contributed by atoms with E-state index in [1.165, 1.54) is 17.8 Å². The number of fused-ring (bicyclic) bond motifs is 1. The van der Waals surface area contributed by atoms with Gasteiger partial charge in [0.2, 0.25) is 5.82 Å². The molecule has 1 atom stereocenters. The summed E-state index contributed by atoms with van der Waals surface area (Å²) < 4.78 is 66.9. The van der Waals surface area contributed by atoms with Crippen LogP contribution in [0.25, 0.3) is 28.1 Å². The molecule has 7 rings (SSSR count). The number of hydrogen-bond donors (Lipinski definition) is 1. The first-order chi connectivity index (χ1) is 22.2. The van der Waals surface area contributed by atoms with Gasteiger partial charge in [-0.05, 0) is 54.3 Å². The molecule has 14 heteroatoms. The molecule has 5 aromatic rings. The van der Waals surface area contributed by atoms with Crippen LogP contribution in [0.5, 0.6) is 5.75 Å². The molecule has 5 heterocycles. The minimum absolute atomic E-state index is 0.0274. The van der Waals surface area contributed by atoms with Crippen LogP contribution in [0.15, 0.2) is 60.8 Å². The highest BCUT2D eigenvalue weighted by atomic mass is 35.5. The van der Waals surface area contributed by atoms with Crippen molar-refractivity contribution in [2.75, 3.05) is 19.7 Å². The fraction of sp³-hybridized carbons (Fsp3) is 0.312. The lowest BCUT2D eigenvalue weighted by atomic mass is 9.99. The number of benzene rings is 2. The molecule has 0 radical (unpaired) electrons. The Bertz CT molecular complexity index is 1920. The van der Waals surface area contributed by atoms with Gasteiger partial charge in [0.05, 0.1) is 19.2 Å². The van der Waals surface area contributed by atoms with E-state index in [2.05, 4.69) is 31.1 Å². The second-order valence-corrected chi connectivity index (χ2v) is 11.7. The molecule has 0 saturated carbocycles. The summed E-state index contributed by atoms with van der Waals surface area (Å²) in [6.45, 7) is 3.42. The van der Waals surface area contributed by atoms with Crippen LogP contribution in [-0.2, 0) is 30.6 Å². The molecule has 1 fully saturated rings. The average Bonchev–Trinajstić information content (AvgIpc) is 3.64. The number of aromatic nitrogens is 6. The van der Waals surface area contributed by atoms with E-state index in [1.54, 1.807) is 18.2 Å². The summed E-state index contributed by atoms with van der Waals surface area (Å²) in [6.07, 6.45) is 0.825. The lowest BCUT2D eigenvalue weighted by molar-refractivity contribution is -0.144. The van der Waals surface area contributed by atoms with Crippen molar-refractivity contribution in [1.29, 1.82) is 0 Å². The molecule has 2 aliphatic heterocycles. The Morgan fingerprint density at radius 3 is 2.67 bits per heavy atom. The van der Waals surface area contributed by atoms with Crippen molar-refractivity contribution < 1.29 is 27.0 Å². The van der Waals surface area contributed by atoms with Crippen LogP contribution in [0, 0.1) is 5.82 Å². The number of ether oxygens (including phenoxy) is 2. The minimum atomic E-state index is -4.63. The van der Waals surface area contributed by atoms with Gasteiger partial charge in [0.25, 0.3) is 0 Å². The summed E-state index contributed by atoms with van der Waals surface area (Å²) in [4.78, 5) is 13.9. The third-order valence-electron chi connectivity index (χ3n) is 8.14. The van der Waals surface area contributed by atoms with Gasteiger partial charge < -0.3 is 19.0 Å². The smallest absolute Gasteiger partial charge is 0.451 e. The minimum Gasteiger partial charge on any atom is -0.489 e. The first kappa shape index (κ1) is 30.3. The molecule has 3 aromatic heterocycles. The highest BCUT2D eigenvalue weighted by Crippen LogP contribution is 2.30. The molecule has 0 bridgehead atoms. The Labute approximate surface area is 265 Å². The molecule has 1 saturated heterocycles. The monoisotopic (exact) mass is 653 g/mol. The van der Waals surface area contributed by atoms with Gasteiger partial charge in [-0.3, -0.25) is 4.90 Å². The highest BCUT2D eigenvalue weighted by Gasteiger charge is 2.35. The Kier molecular flexibility index (Phi) is 8.22. The molecular formula is C32H28ClF4N7O2. The molecule has 46 heavy (non-hydrogen) atoms. The number of nitrogens with one attached hydrogen (secondary N) is 1. The van der Waals surface area contributed by atoms with E-state index in [9.17, 15) is 17.6 Å². The maximum atomic E-state index is 14.2. The van der Waals surface area contributed by atoms with Crippen LogP contribution < -0.4 is 4.74 Å². The van der Waals surface area contributed by atoms with Crippen LogP contribution in [0.1, 0.15) is 35.6 Å². The molecule has 2 aliphatic rings. The standard InChI is InChI=1S/C32H28ClF4N7O2/c33-23-5-4-21(26(34)14-23)18-46-24-3-1-2-20(12-24)19-6-9-43(10-7-19)17-28-39-27-13-22(29-40-31(42-41-29)32(35,36)37)15-38-30(27)44(28)16-25-8-11-45-25/h1-6,12-15,25H,7-11,16-18H2,(H,40,41,42). The molecule has 9 nitrogen and oxygen atoms in total. The summed E-state index contributed by atoms with van der Waals surface area (Å²) in [5.41, 5.74) is 4.21. The fourth-order valence-electron chi connectivity index (χ4n) is 5.55. The van der Waals surface area contributed by atoms with Crippen LogP contribution in [0.3, 0.4) is 0 Å². The van der Waals surface area contributed by atoms with Crippen LogP contribution in [0.4, 0.5) is 17.6 Å². The maximum Gasteiger partial charge on any atom is 0.451 e. The molecule has 0 amide bonds. The lowest BCUT2D eigenvalue weighted by Gasteiger charge is -2.29. The molecule has 1 unspecified atom stereocenters. The van der Waals surface area contributed by atoms with E-state index >= 15 is 0 Å². The second-order valence-electron chi connectivity index (χ2n) is 11.3. The first-order valence-electron chi connectivity index (χ1n) is 14.7. The molecular weight excluding hydrogens is 626 g/mol. The molecule has 0 aliphatic carbocycles. The van der Waals surface area contributed by atoms with Crippen LogP contribution >= 0.6 is 11.6 Å². The predicted molar refractivity (Wildman–Crippen MR) is 162 cm³/mol. The second kappa shape index (κ2) is 12.5. The SMILES string of the molecule is Fc1cc(Cl)ccc1COc1cccc(C2=CCN(Cc3nc4cc(-c5nnc(C(F)(F)F)[nH]5)cnc4n3CC3CCO3)CC2)c1. The van der Waals surface area contributed by atoms with Crippen molar-refractivity contribution in [3.63, 3.8) is 0 Å². The van der Waals surface area contributed by atoms with Gasteiger partial charge in [0.15, 0.2) is 11.5 Å². The highest BCUT2D eigenvalue weighted by molar-refractivity contribution is 6.30. The Morgan fingerprint density at radius 1 is 1.09 bits per heavy atom.